The van der Waals surface area contributed by atoms with Crippen LogP contribution >= 0.6 is 0 Å². The van der Waals surface area contributed by atoms with E-state index in [2.05, 4.69) is 5.32 Å². The van der Waals surface area contributed by atoms with Gasteiger partial charge in [-0.25, -0.2) is 0 Å². The van der Waals surface area contributed by atoms with E-state index in [1.165, 1.54) is 0 Å². The van der Waals surface area contributed by atoms with Crippen LogP contribution in [0, 0.1) is 13.8 Å². The molecule has 0 atom stereocenters. The number of aryl methyl sites for hydroxylation is 2. The highest BCUT2D eigenvalue weighted by atomic mass is 16.2. The average molecular weight is 322 g/mol. The highest BCUT2D eigenvalue weighted by molar-refractivity contribution is 6.05. The lowest BCUT2D eigenvalue weighted by Gasteiger charge is -2.27. The summed E-state index contributed by atoms with van der Waals surface area (Å²) in [5, 5.41) is 2.94. The van der Waals surface area contributed by atoms with Crippen molar-refractivity contribution in [2.45, 2.75) is 33.1 Å². The zero-order chi connectivity index (χ0) is 17.1. The Kier molecular flexibility index (Phi) is 4.65. The average Bonchev–Trinajstić information content (AvgIpc) is 2.57. The number of nitrogens with one attached hydrogen (secondary N) is 1. The smallest absolute Gasteiger partial charge is 0.255 e. The Bertz CT molecular complexity index is 783. The van der Waals surface area contributed by atoms with Gasteiger partial charge in [0.2, 0.25) is 5.91 Å². The molecule has 124 valence electrons. The van der Waals surface area contributed by atoms with E-state index in [4.69, 9.17) is 0 Å². The number of benzene rings is 2. The van der Waals surface area contributed by atoms with Crippen molar-refractivity contribution >= 4 is 23.2 Å². The predicted molar refractivity (Wildman–Crippen MR) is 96.5 cm³/mol. The summed E-state index contributed by atoms with van der Waals surface area (Å²) in [6.07, 6.45) is 2.57. The fourth-order valence-corrected chi connectivity index (χ4v) is 3.01. The normalized spacial score (nSPS) is 14.6. The summed E-state index contributed by atoms with van der Waals surface area (Å²) < 4.78 is 0. The second-order valence-corrected chi connectivity index (χ2v) is 6.33. The largest absolute Gasteiger partial charge is 0.322 e. The van der Waals surface area contributed by atoms with Crippen LogP contribution in [-0.4, -0.2) is 18.4 Å². The summed E-state index contributed by atoms with van der Waals surface area (Å²) >= 11 is 0. The number of carbonyl (C=O) groups is 2. The van der Waals surface area contributed by atoms with E-state index in [9.17, 15) is 9.59 Å². The first-order chi connectivity index (χ1) is 11.5. The Morgan fingerprint density at radius 1 is 1.08 bits per heavy atom. The van der Waals surface area contributed by atoms with Crippen LogP contribution in [0.4, 0.5) is 11.4 Å². The molecule has 2 aromatic carbocycles. The number of hydrogen-bond acceptors (Lipinski definition) is 2. The van der Waals surface area contributed by atoms with Gasteiger partial charge >= 0.3 is 0 Å². The first-order valence-corrected chi connectivity index (χ1v) is 8.33. The quantitative estimate of drug-likeness (QED) is 0.926. The third-order valence-corrected chi connectivity index (χ3v) is 4.38. The SMILES string of the molecule is Cc1ccc(C)c(C(=O)Nc2cccc(N3CCCCC3=O)c2)c1. The summed E-state index contributed by atoms with van der Waals surface area (Å²) in [6.45, 7) is 4.64. The molecule has 0 aliphatic carbocycles. The number of anilines is 2. The topological polar surface area (TPSA) is 49.4 Å². The second-order valence-electron chi connectivity index (χ2n) is 6.33. The third-order valence-electron chi connectivity index (χ3n) is 4.38. The van der Waals surface area contributed by atoms with Crippen LogP contribution in [0.1, 0.15) is 40.7 Å². The summed E-state index contributed by atoms with van der Waals surface area (Å²) in [7, 11) is 0. The minimum Gasteiger partial charge on any atom is -0.322 e. The van der Waals surface area contributed by atoms with Crippen molar-refractivity contribution in [3.05, 3.63) is 59.2 Å². The van der Waals surface area contributed by atoms with Gasteiger partial charge in [-0.15, -0.1) is 0 Å². The molecular formula is C20H22N2O2. The van der Waals surface area contributed by atoms with Crippen LogP contribution in [0.2, 0.25) is 0 Å². The maximum absolute atomic E-state index is 12.5. The molecule has 3 rings (SSSR count). The number of hydrogen-bond donors (Lipinski definition) is 1. The number of nitrogens with zero attached hydrogens (tertiary/aromatic N) is 1. The van der Waals surface area contributed by atoms with Crippen LogP contribution in [0.3, 0.4) is 0 Å². The summed E-state index contributed by atoms with van der Waals surface area (Å²) in [4.78, 5) is 26.4. The minimum atomic E-state index is -0.127. The molecule has 0 spiro atoms. The van der Waals surface area contributed by atoms with Crippen molar-refractivity contribution in [3.63, 3.8) is 0 Å². The molecule has 4 heteroatoms. The molecule has 1 saturated heterocycles. The van der Waals surface area contributed by atoms with Gasteiger partial charge in [0.25, 0.3) is 5.91 Å². The van der Waals surface area contributed by atoms with Gasteiger partial charge < -0.3 is 10.2 Å². The lowest BCUT2D eigenvalue weighted by molar-refractivity contribution is -0.119. The van der Waals surface area contributed by atoms with Gasteiger partial charge in [0.05, 0.1) is 0 Å². The Hall–Kier alpha value is -2.62. The van der Waals surface area contributed by atoms with Crippen molar-refractivity contribution in [2.75, 3.05) is 16.8 Å². The Labute approximate surface area is 142 Å². The molecule has 2 aromatic rings. The molecule has 2 amide bonds. The fraction of sp³-hybridized carbons (Fsp3) is 0.300. The van der Waals surface area contributed by atoms with Crippen molar-refractivity contribution in [3.8, 4) is 0 Å². The summed E-state index contributed by atoms with van der Waals surface area (Å²) in [6, 6.07) is 13.3. The van der Waals surface area contributed by atoms with E-state index in [0.29, 0.717) is 17.7 Å². The number of amides is 2. The van der Waals surface area contributed by atoms with Crippen molar-refractivity contribution < 1.29 is 9.59 Å². The maximum Gasteiger partial charge on any atom is 0.255 e. The van der Waals surface area contributed by atoms with Gasteiger partial charge in [-0.2, -0.15) is 0 Å². The van der Waals surface area contributed by atoms with Gasteiger partial charge in [0.15, 0.2) is 0 Å². The molecule has 0 saturated carbocycles. The molecule has 1 N–H and O–H groups in total. The lowest BCUT2D eigenvalue weighted by atomic mass is 10.0. The van der Waals surface area contributed by atoms with Gasteiger partial charge in [-0.3, -0.25) is 9.59 Å². The van der Waals surface area contributed by atoms with Crippen LogP contribution in [-0.2, 0) is 4.79 Å². The highest BCUT2D eigenvalue weighted by Gasteiger charge is 2.20. The number of piperidine rings is 1. The molecule has 1 fully saturated rings. The number of carbonyl (C=O) groups excluding carboxylic acids is 2. The van der Waals surface area contributed by atoms with Crippen molar-refractivity contribution in [1.82, 2.24) is 0 Å². The molecule has 0 bridgehead atoms. The van der Waals surface area contributed by atoms with Crippen molar-refractivity contribution in [2.24, 2.45) is 0 Å². The van der Waals surface area contributed by atoms with Crippen molar-refractivity contribution in [1.29, 1.82) is 0 Å². The molecule has 1 aliphatic rings. The standard InChI is InChI=1S/C20H22N2O2/c1-14-9-10-15(2)18(12-14)20(24)21-16-6-5-7-17(13-16)22-11-4-3-8-19(22)23/h5-7,9-10,12-13H,3-4,8,11H2,1-2H3,(H,21,24). The van der Waals surface area contributed by atoms with Gasteiger partial charge in [-0.05, 0) is 56.5 Å². The Morgan fingerprint density at radius 2 is 1.92 bits per heavy atom. The summed E-state index contributed by atoms with van der Waals surface area (Å²) in [5.74, 6) is 0.0255. The molecule has 0 radical (unpaired) electrons. The molecule has 0 unspecified atom stereocenters. The van der Waals surface area contributed by atoms with Gasteiger partial charge in [-0.1, -0.05) is 23.8 Å². The molecule has 0 aromatic heterocycles. The fourth-order valence-electron chi connectivity index (χ4n) is 3.01. The summed E-state index contributed by atoms with van der Waals surface area (Å²) in [5.41, 5.74) is 4.23. The zero-order valence-electron chi connectivity index (χ0n) is 14.1. The first kappa shape index (κ1) is 16.2. The van der Waals surface area contributed by atoms with E-state index >= 15 is 0 Å². The molecule has 24 heavy (non-hydrogen) atoms. The van der Waals surface area contributed by atoms with E-state index < -0.39 is 0 Å². The highest BCUT2D eigenvalue weighted by Crippen LogP contribution is 2.24. The van der Waals surface area contributed by atoms with Crippen LogP contribution in [0.15, 0.2) is 42.5 Å². The molecule has 1 aliphatic heterocycles. The molecular weight excluding hydrogens is 300 g/mol. The monoisotopic (exact) mass is 322 g/mol. The van der Waals surface area contributed by atoms with Gasteiger partial charge in [0, 0.05) is 29.9 Å². The molecule has 4 nitrogen and oxygen atoms in total. The number of rotatable bonds is 3. The molecule has 1 heterocycles. The van der Waals surface area contributed by atoms with Crippen LogP contribution in [0.5, 0.6) is 0 Å². The van der Waals surface area contributed by atoms with E-state index in [1.54, 1.807) is 4.90 Å². The van der Waals surface area contributed by atoms with Crippen LogP contribution in [0.25, 0.3) is 0 Å². The van der Waals surface area contributed by atoms with E-state index in [0.717, 1.165) is 36.2 Å². The predicted octanol–water partition coefficient (Wildman–Crippen LogP) is 4.07. The van der Waals surface area contributed by atoms with Crippen LogP contribution < -0.4 is 10.2 Å². The Balaban J connectivity index is 1.80. The second kappa shape index (κ2) is 6.87. The van der Waals surface area contributed by atoms with E-state index in [-0.39, 0.29) is 11.8 Å². The Morgan fingerprint density at radius 3 is 2.71 bits per heavy atom. The third kappa shape index (κ3) is 3.48. The maximum atomic E-state index is 12.5. The van der Waals surface area contributed by atoms with Gasteiger partial charge in [0.1, 0.15) is 0 Å². The minimum absolute atomic E-state index is 0.127. The first-order valence-electron chi connectivity index (χ1n) is 8.33. The lowest BCUT2D eigenvalue weighted by Crippen LogP contribution is -2.35. The zero-order valence-corrected chi connectivity index (χ0v) is 14.1. The van der Waals surface area contributed by atoms with E-state index in [1.807, 2.05) is 56.3 Å².